The van der Waals surface area contributed by atoms with Gasteiger partial charge in [0.2, 0.25) is 0 Å². The first kappa shape index (κ1) is 17.3. The van der Waals surface area contributed by atoms with Gasteiger partial charge in [0, 0.05) is 15.4 Å². The molecule has 5 heteroatoms. The first-order valence-corrected chi connectivity index (χ1v) is 10.9. The minimum Gasteiger partial charge on any atom is -0.313 e. The summed E-state index contributed by atoms with van der Waals surface area (Å²) in [7, 11) is 0. The van der Waals surface area contributed by atoms with Crippen LogP contribution >= 0.6 is 27.7 Å². The van der Waals surface area contributed by atoms with Crippen molar-refractivity contribution in [2.24, 2.45) is 0 Å². The number of fused-ring (bicyclic) bond motifs is 2. The lowest BCUT2D eigenvalue weighted by molar-refractivity contribution is 0.390. The minimum atomic E-state index is 0.306. The van der Waals surface area contributed by atoms with Crippen LogP contribution in [0.2, 0.25) is 0 Å². The number of hydrogen-bond acceptors (Lipinski definition) is 3. The van der Waals surface area contributed by atoms with E-state index in [4.69, 9.17) is 4.98 Å². The Kier molecular flexibility index (Phi) is 4.25. The molecule has 3 nitrogen and oxygen atoms in total. The van der Waals surface area contributed by atoms with E-state index in [0.29, 0.717) is 4.75 Å². The number of thioether (sulfide) groups is 1. The van der Waals surface area contributed by atoms with Crippen molar-refractivity contribution < 1.29 is 0 Å². The van der Waals surface area contributed by atoms with Crippen molar-refractivity contribution in [1.29, 1.82) is 0 Å². The van der Waals surface area contributed by atoms with Crippen LogP contribution in [0.3, 0.4) is 0 Å². The number of imidazole rings is 1. The van der Waals surface area contributed by atoms with Crippen molar-refractivity contribution in [3.05, 3.63) is 64.8 Å². The minimum absolute atomic E-state index is 0.306. The lowest BCUT2D eigenvalue weighted by atomic mass is 9.86. The monoisotopic (exact) mass is 437 g/mol. The molecule has 1 aliphatic rings. The summed E-state index contributed by atoms with van der Waals surface area (Å²) < 4.78 is 3.78. The Morgan fingerprint density at radius 3 is 2.67 bits per heavy atom. The maximum Gasteiger partial charge on any atom is 0.178 e. The quantitative estimate of drug-likeness (QED) is 0.368. The molecule has 0 saturated heterocycles. The fourth-order valence-corrected chi connectivity index (χ4v) is 5.62. The normalized spacial score (nSPS) is 15.9. The van der Waals surface area contributed by atoms with Gasteiger partial charge in [0.15, 0.2) is 10.8 Å². The molecule has 5 rings (SSSR count). The van der Waals surface area contributed by atoms with Gasteiger partial charge in [0.05, 0.1) is 12.1 Å². The van der Waals surface area contributed by atoms with Crippen LogP contribution in [0, 0.1) is 0 Å². The Balaban J connectivity index is 1.63. The van der Waals surface area contributed by atoms with E-state index in [1.807, 2.05) is 24.0 Å². The second-order valence-corrected chi connectivity index (χ2v) is 9.89. The molecule has 4 aromatic rings. The van der Waals surface area contributed by atoms with Gasteiger partial charge in [0.1, 0.15) is 0 Å². The SMILES string of the molecule is CC1(Sc2nc3ncccc3n2Cc2ccc(Br)c3ccccc23)CCC1. The molecule has 0 amide bonds. The van der Waals surface area contributed by atoms with Crippen LogP contribution < -0.4 is 0 Å². The zero-order valence-electron chi connectivity index (χ0n) is 15.2. The molecule has 1 aliphatic carbocycles. The fourth-order valence-electron chi connectivity index (χ4n) is 3.80. The summed E-state index contributed by atoms with van der Waals surface area (Å²) in [5.41, 5.74) is 3.25. The van der Waals surface area contributed by atoms with Gasteiger partial charge in [-0.2, -0.15) is 0 Å². The Bertz CT molecular complexity index is 1150. The highest BCUT2D eigenvalue weighted by Crippen LogP contribution is 2.47. The summed E-state index contributed by atoms with van der Waals surface area (Å²) in [6, 6.07) is 17.1. The van der Waals surface area contributed by atoms with Gasteiger partial charge in [-0.25, -0.2) is 9.97 Å². The molecule has 0 bridgehead atoms. The van der Waals surface area contributed by atoms with Crippen LogP contribution in [0.4, 0.5) is 0 Å². The average molecular weight is 438 g/mol. The second-order valence-electron chi connectivity index (χ2n) is 7.48. The second kappa shape index (κ2) is 6.64. The Morgan fingerprint density at radius 1 is 1.07 bits per heavy atom. The van der Waals surface area contributed by atoms with E-state index in [0.717, 1.165) is 27.3 Å². The molecule has 27 heavy (non-hydrogen) atoms. The molecule has 0 spiro atoms. The summed E-state index contributed by atoms with van der Waals surface area (Å²) in [4.78, 5) is 9.38. The molecule has 136 valence electrons. The molecule has 1 saturated carbocycles. The molecule has 0 radical (unpaired) electrons. The van der Waals surface area contributed by atoms with Crippen molar-refractivity contribution >= 4 is 49.6 Å². The lowest BCUT2D eigenvalue weighted by Crippen LogP contribution is -2.29. The third kappa shape index (κ3) is 3.07. The topological polar surface area (TPSA) is 30.7 Å². The van der Waals surface area contributed by atoms with Gasteiger partial charge in [-0.3, -0.25) is 0 Å². The summed E-state index contributed by atoms with van der Waals surface area (Å²) >= 11 is 5.60. The predicted molar refractivity (Wildman–Crippen MR) is 116 cm³/mol. The Morgan fingerprint density at radius 2 is 1.89 bits per heavy atom. The molecule has 2 aromatic heterocycles. The van der Waals surface area contributed by atoms with Gasteiger partial charge >= 0.3 is 0 Å². The zero-order chi connectivity index (χ0) is 18.4. The number of nitrogens with zero attached hydrogens (tertiary/aromatic N) is 3. The molecule has 0 N–H and O–H groups in total. The predicted octanol–water partition coefficient (Wildman–Crippen LogP) is 6.43. The van der Waals surface area contributed by atoms with Crippen LogP contribution in [0.5, 0.6) is 0 Å². The smallest absolute Gasteiger partial charge is 0.178 e. The van der Waals surface area contributed by atoms with E-state index in [-0.39, 0.29) is 0 Å². The highest BCUT2D eigenvalue weighted by molar-refractivity contribution is 9.10. The summed E-state index contributed by atoms with van der Waals surface area (Å²) in [5.74, 6) is 0. The van der Waals surface area contributed by atoms with Crippen molar-refractivity contribution in [2.75, 3.05) is 0 Å². The maximum absolute atomic E-state index is 4.88. The zero-order valence-corrected chi connectivity index (χ0v) is 17.6. The highest BCUT2D eigenvalue weighted by atomic mass is 79.9. The van der Waals surface area contributed by atoms with Crippen LogP contribution in [0.25, 0.3) is 21.9 Å². The fraction of sp³-hybridized carbons (Fsp3) is 0.273. The molecule has 2 heterocycles. The van der Waals surface area contributed by atoms with Gasteiger partial charge in [0.25, 0.3) is 0 Å². The molecule has 1 fully saturated rings. The average Bonchev–Trinajstić information content (AvgIpc) is 3.00. The summed E-state index contributed by atoms with van der Waals surface area (Å²) in [6.07, 6.45) is 5.67. The number of rotatable bonds is 4. The van der Waals surface area contributed by atoms with E-state index in [1.165, 1.54) is 35.6 Å². The molecular weight excluding hydrogens is 418 g/mol. The molecule has 0 aliphatic heterocycles. The molecule has 0 unspecified atom stereocenters. The first-order valence-electron chi connectivity index (χ1n) is 9.29. The van der Waals surface area contributed by atoms with Crippen LogP contribution in [-0.2, 0) is 6.54 Å². The Hall–Kier alpha value is -1.85. The van der Waals surface area contributed by atoms with Crippen LogP contribution in [-0.4, -0.2) is 19.3 Å². The summed E-state index contributed by atoms with van der Waals surface area (Å²) in [6.45, 7) is 3.15. The van der Waals surface area contributed by atoms with E-state index in [1.54, 1.807) is 0 Å². The van der Waals surface area contributed by atoms with Crippen molar-refractivity contribution in [1.82, 2.24) is 14.5 Å². The number of aromatic nitrogens is 3. The third-order valence-corrected chi connectivity index (χ3v) is 7.61. The lowest BCUT2D eigenvalue weighted by Gasteiger charge is -2.37. The van der Waals surface area contributed by atoms with E-state index < -0.39 is 0 Å². The summed E-state index contributed by atoms with van der Waals surface area (Å²) in [5, 5.41) is 3.61. The molecule has 0 atom stereocenters. The van der Waals surface area contributed by atoms with Gasteiger partial charge in [-0.15, -0.1) is 0 Å². The number of pyridine rings is 1. The third-order valence-electron chi connectivity index (χ3n) is 5.53. The van der Waals surface area contributed by atoms with Gasteiger partial charge in [-0.05, 0) is 54.3 Å². The van der Waals surface area contributed by atoms with Crippen molar-refractivity contribution in [3.8, 4) is 0 Å². The van der Waals surface area contributed by atoms with E-state index >= 15 is 0 Å². The van der Waals surface area contributed by atoms with Crippen molar-refractivity contribution in [2.45, 2.75) is 42.6 Å². The number of hydrogen-bond donors (Lipinski definition) is 0. The van der Waals surface area contributed by atoms with Crippen LogP contribution in [0.15, 0.2) is 64.4 Å². The number of halogens is 1. The van der Waals surface area contributed by atoms with Gasteiger partial charge < -0.3 is 4.57 Å². The van der Waals surface area contributed by atoms with E-state index in [2.05, 4.69) is 74.9 Å². The Labute approximate surface area is 171 Å². The maximum atomic E-state index is 4.88. The largest absolute Gasteiger partial charge is 0.313 e. The standard InChI is InChI=1S/C22H20BrN3S/c1-22(11-5-12-22)27-21-25-20-19(8-4-13-24-20)26(21)14-15-9-10-18(23)17-7-3-2-6-16(15)17/h2-4,6-10,13H,5,11-12,14H2,1H3. The molecular formula is C22H20BrN3S. The first-order chi connectivity index (χ1) is 13.1. The number of benzene rings is 2. The van der Waals surface area contributed by atoms with E-state index in [9.17, 15) is 0 Å². The highest BCUT2D eigenvalue weighted by Gasteiger charge is 2.34. The van der Waals surface area contributed by atoms with Crippen LogP contribution in [0.1, 0.15) is 31.7 Å². The van der Waals surface area contributed by atoms with Crippen molar-refractivity contribution in [3.63, 3.8) is 0 Å². The molecule has 2 aromatic carbocycles. The van der Waals surface area contributed by atoms with Gasteiger partial charge in [-0.1, -0.05) is 64.4 Å².